The van der Waals surface area contributed by atoms with Crippen molar-refractivity contribution in [3.63, 3.8) is 0 Å². The van der Waals surface area contributed by atoms with Crippen LogP contribution in [-0.2, 0) is 19.6 Å². The van der Waals surface area contributed by atoms with Crippen LogP contribution < -0.4 is 5.14 Å². The highest BCUT2D eigenvalue weighted by Gasteiger charge is 2.26. The Morgan fingerprint density at radius 3 is 2.21 bits per heavy atom. The van der Waals surface area contributed by atoms with Crippen molar-refractivity contribution in [2.75, 3.05) is 19.7 Å². The minimum Gasteiger partial charge on any atom is -0.452 e. The Kier molecular flexibility index (Phi) is 5.61. The second-order valence-electron chi connectivity index (χ2n) is 6.39. The Hall–Kier alpha value is -1.93. The molecule has 0 saturated carbocycles. The number of piperidine rings is 1. The third kappa shape index (κ3) is 4.78. The van der Waals surface area contributed by atoms with Gasteiger partial charge in [0.2, 0.25) is 10.0 Å². The molecule has 0 aromatic heterocycles. The predicted molar refractivity (Wildman–Crippen MR) is 87.6 cm³/mol. The van der Waals surface area contributed by atoms with E-state index in [1.165, 1.54) is 24.3 Å². The van der Waals surface area contributed by atoms with Gasteiger partial charge in [-0.2, -0.15) is 0 Å². The van der Waals surface area contributed by atoms with E-state index in [1.807, 2.05) is 0 Å². The second-order valence-corrected chi connectivity index (χ2v) is 7.95. The molecule has 1 aliphatic rings. The van der Waals surface area contributed by atoms with Crippen LogP contribution in [0.3, 0.4) is 0 Å². The quantitative estimate of drug-likeness (QED) is 0.812. The molecule has 24 heavy (non-hydrogen) atoms. The average Bonchev–Trinajstić information content (AvgIpc) is 2.50. The van der Waals surface area contributed by atoms with Crippen LogP contribution in [0.2, 0.25) is 0 Å². The van der Waals surface area contributed by atoms with Crippen LogP contribution in [0.5, 0.6) is 0 Å². The largest absolute Gasteiger partial charge is 0.452 e. The maximum atomic E-state index is 12.2. The topological polar surface area (TPSA) is 107 Å². The highest BCUT2D eigenvalue weighted by molar-refractivity contribution is 7.89. The first-order chi connectivity index (χ1) is 11.2. The van der Waals surface area contributed by atoms with E-state index in [-0.39, 0.29) is 23.0 Å². The van der Waals surface area contributed by atoms with Crippen molar-refractivity contribution in [3.8, 4) is 0 Å². The number of rotatable bonds is 4. The first kappa shape index (κ1) is 18.4. The molecule has 132 valence electrons. The minimum atomic E-state index is -3.81. The molecule has 0 unspecified atom stereocenters. The van der Waals surface area contributed by atoms with Crippen LogP contribution >= 0.6 is 0 Å². The normalized spacial score (nSPS) is 21.4. The second kappa shape index (κ2) is 7.31. The van der Waals surface area contributed by atoms with Crippen LogP contribution in [0.25, 0.3) is 0 Å². The lowest BCUT2D eigenvalue weighted by Gasteiger charge is -2.34. The third-order valence-corrected chi connectivity index (χ3v) is 4.90. The lowest BCUT2D eigenvalue weighted by Crippen LogP contribution is -2.44. The van der Waals surface area contributed by atoms with Gasteiger partial charge in [-0.1, -0.05) is 13.8 Å². The highest BCUT2D eigenvalue weighted by atomic mass is 32.2. The van der Waals surface area contributed by atoms with E-state index in [2.05, 4.69) is 13.8 Å². The van der Waals surface area contributed by atoms with Gasteiger partial charge in [-0.25, -0.2) is 18.4 Å². The molecular weight excluding hydrogens is 332 g/mol. The average molecular weight is 354 g/mol. The number of hydrogen-bond acceptors (Lipinski definition) is 5. The van der Waals surface area contributed by atoms with Crippen LogP contribution in [-0.4, -0.2) is 44.9 Å². The van der Waals surface area contributed by atoms with E-state index in [4.69, 9.17) is 9.88 Å². The first-order valence-corrected chi connectivity index (χ1v) is 9.29. The number of nitrogens with two attached hydrogens (primary N) is 1. The molecule has 0 spiro atoms. The van der Waals surface area contributed by atoms with Crippen LogP contribution in [0.15, 0.2) is 29.2 Å². The molecule has 2 atom stereocenters. The Morgan fingerprint density at radius 2 is 1.71 bits per heavy atom. The number of carbonyl (C=O) groups is 2. The number of amides is 1. The molecule has 1 aromatic carbocycles. The monoisotopic (exact) mass is 354 g/mol. The van der Waals surface area contributed by atoms with Gasteiger partial charge < -0.3 is 9.64 Å². The number of carbonyl (C=O) groups excluding carboxylic acids is 2. The van der Waals surface area contributed by atoms with Gasteiger partial charge >= 0.3 is 5.97 Å². The zero-order chi connectivity index (χ0) is 17.9. The number of nitrogens with zero attached hydrogens (tertiary/aromatic N) is 1. The summed E-state index contributed by atoms with van der Waals surface area (Å²) in [7, 11) is -3.81. The fourth-order valence-electron chi connectivity index (χ4n) is 2.95. The number of hydrogen-bond donors (Lipinski definition) is 1. The maximum absolute atomic E-state index is 12.2. The summed E-state index contributed by atoms with van der Waals surface area (Å²) in [5, 5.41) is 4.99. The summed E-state index contributed by atoms with van der Waals surface area (Å²) in [5.41, 5.74) is 0.163. The number of primary sulfonamides is 1. The van der Waals surface area contributed by atoms with Crippen molar-refractivity contribution in [2.45, 2.75) is 25.2 Å². The van der Waals surface area contributed by atoms with Gasteiger partial charge in [-0.3, -0.25) is 4.79 Å². The zero-order valence-corrected chi connectivity index (χ0v) is 14.6. The van der Waals surface area contributed by atoms with Gasteiger partial charge in [0.15, 0.2) is 6.61 Å². The third-order valence-electron chi connectivity index (χ3n) is 3.97. The lowest BCUT2D eigenvalue weighted by atomic mass is 9.92. The standard InChI is InChI=1S/C16H22N2O5S/c1-11-7-12(2)9-18(8-11)15(19)10-23-16(20)13-3-5-14(6-4-13)24(17,21)22/h3-6,11-12H,7-10H2,1-2H3,(H2,17,21,22)/t11-,12-/m0/s1. The molecule has 7 nitrogen and oxygen atoms in total. The maximum Gasteiger partial charge on any atom is 0.338 e. The van der Waals surface area contributed by atoms with E-state index < -0.39 is 16.0 Å². The zero-order valence-electron chi connectivity index (χ0n) is 13.8. The van der Waals surface area contributed by atoms with Crippen molar-refractivity contribution in [1.29, 1.82) is 0 Å². The summed E-state index contributed by atoms with van der Waals surface area (Å²) in [6.45, 7) is 5.20. The van der Waals surface area contributed by atoms with E-state index in [1.54, 1.807) is 4.90 Å². The van der Waals surface area contributed by atoms with Crippen molar-refractivity contribution >= 4 is 21.9 Å². The number of esters is 1. The summed E-state index contributed by atoms with van der Waals surface area (Å²) in [5.74, 6) is -0.0383. The Bertz CT molecular complexity index is 704. The molecular formula is C16H22N2O5S. The SMILES string of the molecule is C[C@H]1C[C@H](C)CN(C(=O)COC(=O)c2ccc(S(N)(=O)=O)cc2)C1. The molecule has 1 amide bonds. The fraction of sp³-hybridized carbons (Fsp3) is 0.500. The van der Waals surface area contributed by atoms with Gasteiger partial charge in [0.25, 0.3) is 5.91 Å². The molecule has 1 heterocycles. The van der Waals surface area contributed by atoms with Gasteiger partial charge in [0, 0.05) is 13.1 Å². The molecule has 0 aliphatic carbocycles. The number of benzene rings is 1. The highest BCUT2D eigenvalue weighted by Crippen LogP contribution is 2.21. The molecule has 0 bridgehead atoms. The molecule has 2 N–H and O–H groups in total. The Balaban J connectivity index is 1.92. The molecule has 2 rings (SSSR count). The van der Waals surface area contributed by atoms with Gasteiger partial charge in [-0.15, -0.1) is 0 Å². The summed E-state index contributed by atoms with van der Waals surface area (Å²) >= 11 is 0. The van der Waals surface area contributed by atoms with E-state index in [0.29, 0.717) is 24.9 Å². The summed E-state index contributed by atoms with van der Waals surface area (Å²) in [6.07, 6.45) is 1.08. The van der Waals surface area contributed by atoms with Crippen LogP contribution in [0, 0.1) is 11.8 Å². The molecule has 8 heteroatoms. The summed E-state index contributed by atoms with van der Waals surface area (Å²) in [6, 6.07) is 5.05. The fourth-order valence-corrected chi connectivity index (χ4v) is 3.46. The van der Waals surface area contributed by atoms with Crippen molar-refractivity contribution < 1.29 is 22.7 Å². The summed E-state index contributed by atoms with van der Waals surface area (Å²) < 4.78 is 27.4. The number of sulfonamides is 1. The molecule has 0 radical (unpaired) electrons. The summed E-state index contributed by atoms with van der Waals surface area (Å²) in [4.78, 5) is 25.7. The van der Waals surface area contributed by atoms with Crippen LogP contribution in [0.1, 0.15) is 30.6 Å². The molecule has 1 fully saturated rings. The van der Waals surface area contributed by atoms with Crippen LogP contribution in [0.4, 0.5) is 0 Å². The van der Waals surface area contributed by atoms with Gasteiger partial charge in [-0.05, 0) is 42.5 Å². The van der Waals surface area contributed by atoms with Crippen molar-refractivity contribution in [2.24, 2.45) is 17.0 Å². The molecule has 1 aliphatic heterocycles. The number of likely N-dealkylation sites (tertiary alicyclic amines) is 1. The molecule has 1 aromatic rings. The lowest BCUT2D eigenvalue weighted by molar-refractivity contribution is -0.137. The Labute approximate surface area is 141 Å². The molecule has 1 saturated heterocycles. The van der Waals surface area contributed by atoms with E-state index in [9.17, 15) is 18.0 Å². The smallest absolute Gasteiger partial charge is 0.338 e. The van der Waals surface area contributed by atoms with E-state index >= 15 is 0 Å². The van der Waals surface area contributed by atoms with Gasteiger partial charge in [0.05, 0.1) is 10.5 Å². The number of ether oxygens (including phenoxy) is 1. The van der Waals surface area contributed by atoms with Crippen molar-refractivity contribution in [1.82, 2.24) is 4.90 Å². The first-order valence-electron chi connectivity index (χ1n) is 7.74. The minimum absolute atomic E-state index is 0.0913. The predicted octanol–water partition coefficient (Wildman–Crippen LogP) is 0.995. The Morgan fingerprint density at radius 1 is 1.17 bits per heavy atom. The van der Waals surface area contributed by atoms with Gasteiger partial charge in [0.1, 0.15) is 0 Å². The van der Waals surface area contributed by atoms with E-state index in [0.717, 1.165) is 6.42 Å². The van der Waals surface area contributed by atoms with Crippen molar-refractivity contribution in [3.05, 3.63) is 29.8 Å².